The molecule has 0 aliphatic carbocycles. The van der Waals surface area contributed by atoms with Crippen LogP contribution in [0.5, 0.6) is 0 Å². The van der Waals surface area contributed by atoms with E-state index in [0.717, 1.165) is 18.7 Å². The Labute approximate surface area is 95.9 Å². The normalized spacial score (nSPS) is 12.1. The van der Waals surface area contributed by atoms with E-state index in [-0.39, 0.29) is 5.56 Å². The average Bonchev–Trinajstić information content (AvgIpc) is 2.26. The predicted molar refractivity (Wildman–Crippen MR) is 62.6 cm³/mol. The molecule has 0 aromatic heterocycles. The largest absolute Gasteiger partial charge is 0.313 e. The Hall–Kier alpha value is -0.960. The van der Waals surface area contributed by atoms with Crippen LogP contribution in [0.1, 0.15) is 31.9 Å². The van der Waals surface area contributed by atoms with Crippen LogP contribution in [0.2, 0.25) is 0 Å². The standard InChI is InChI=1S/C13H19F2N/c1-4-16-9-11-5-7-12(8-6-11)13(14,15)10(2)3/h5-8,10,16H,4,9H2,1-3H3. The summed E-state index contributed by atoms with van der Waals surface area (Å²) in [6, 6.07) is 6.56. The van der Waals surface area contributed by atoms with Crippen molar-refractivity contribution in [1.82, 2.24) is 5.32 Å². The number of halogens is 2. The molecule has 1 aromatic rings. The molecule has 1 nitrogen and oxygen atoms in total. The van der Waals surface area contributed by atoms with Gasteiger partial charge >= 0.3 is 0 Å². The van der Waals surface area contributed by atoms with Crippen LogP contribution in [-0.2, 0) is 12.5 Å². The van der Waals surface area contributed by atoms with Crippen LogP contribution in [-0.4, -0.2) is 6.54 Å². The molecule has 1 rings (SSSR count). The van der Waals surface area contributed by atoms with Gasteiger partial charge < -0.3 is 5.32 Å². The Bertz CT molecular complexity index is 317. The zero-order valence-corrected chi connectivity index (χ0v) is 10.1. The number of rotatable bonds is 5. The van der Waals surface area contributed by atoms with E-state index in [1.807, 2.05) is 6.92 Å². The third kappa shape index (κ3) is 3.01. The van der Waals surface area contributed by atoms with Gasteiger partial charge in [-0.1, -0.05) is 45.0 Å². The van der Waals surface area contributed by atoms with Gasteiger partial charge in [0.1, 0.15) is 0 Å². The van der Waals surface area contributed by atoms with Crippen LogP contribution in [0.25, 0.3) is 0 Å². The first-order chi connectivity index (χ1) is 7.48. The zero-order chi connectivity index (χ0) is 12.2. The minimum Gasteiger partial charge on any atom is -0.313 e. The van der Waals surface area contributed by atoms with Crippen LogP contribution < -0.4 is 5.32 Å². The average molecular weight is 227 g/mol. The van der Waals surface area contributed by atoms with Crippen molar-refractivity contribution in [3.05, 3.63) is 35.4 Å². The highest BCUT2D eigenvalue weighted by Gasteiger charge is 2.35. The summed E-state index contributed by atoms with van der Waals surface area (Å²) in [6.07, 6.45) is 0. The van der Waals surface area contributed by atoms with Gasteiger partial charge in [-0.3, -0.25) is 0 Å². The molecule has 0 saturated carbocycles. The van der Waals surface area contributed by atoms with Crippen molar-refractivity contribution in [1.29, 1.82) is 0 Å². The highest BCUT2D eigenvalue weighted by Crippen LogP contribution is 2.35. The minimum absolute atomic E-state index is 0.0998. The van der Waals surface area contributed by atoms with Gasteiger partial charge in [0.2, 0.25) is 0 Å². The molecule has 0 aliphatic heterocycles. The molecule has 0 radical (unpaired) electrons. The molecule has 0 amide bonds. The molecule has 0 unspecified atom stereocenters. The molecular formula is C13H19F2N. The highest BCUT2D eigenvalue weighted by atomic mass is 19.3. The molecule has 0 bridgehead atoms. The maximum atomic E-state index is 13.6. The van der Waals surface area contributed by atoms with Crippen molar-refractivity contribution >= 4 is 0 Å². The molecule has 0 saturated heterocycles. The number of nitrogens with one attached hydrogen (secondary N) is 1. The van der Waals surface area contributed by atoms with Crippen LogP contribution in [0.4, 0.5) is 8.78 Å². The summed E-state index contributed by atoms with van der Waals surface area (Å²) in [5.74, 6) is -3.41. The summed E-state index contributed by atoms with van der Waals surface area (Å²) >= 11 is 0. The van der Waals surface area contributed by atoms with E-state index in [1.165, 1.54) is 26.0 Å². The van der Waals surface area contributed by atoms with Crippen molar-refractivity contribution in [3.63, 3.8) is 0 Å². The van der Waals surface area contributed by atoms with Crippen LogP contribution >= 0.6 is 0 Å². The molecule has 1 N–H and O–H groups in total. The van der Waals surface area contributed by atoms with Crippen molar-refractivity contribution in [2.75, 3.05) is 6.54 Å². The lowest BCUT2D eigenvalue weighted by Crippen LogP contribution is -2.21. The van der Waals surface area contributed by atoms with E-state index in [2.05, 4.69) is 5.32 Å². The molecule has 16 heavy (non-hydrogen) atoms. The third-order valence-corrected chi connectivity index (χ3v) is 2.64. The number of hydrogen-bond acceptors (Lipinski definition) is 1. The minimum atomic E-state index is -2.74. The van der Waals surface area contributed by atoms with Gasteiger partial charge in [-0.2, -0.15) is 0 Å². The Morgan fingerprint density at radius 2 is 1.75 bits per heavy atom. The number of hydrogen-bond donors (Lipinski definition) is 1. The summed E-state index contributed by atoms with van der Waals surface area (Å²) < 4.78 is 27.3. The Morgan fingerprint density at radius 3 is 2.19 bits per heavy atom. The number of benzene rings is 1. The smallest absolute Gasteiger partial charge is 0.275 e. The van der Waals surface area contributed by atoms with Crippen molar-refractivity contribution in [3.8, 4) is 0 Å². The van der Waals surface area contributed by atoms with Gasteiger partial charge in [0.25, 0.3) is 5.92 Å². The second-order valence-corrected chi connectivity index (χ2v) is 4.25. The molecule has 3 heteroatoms. The summed E-state index contributed by atoms with van der Waals surface area (Å²) in [7, 11) is 0. The molecule has 0 aliphatic rings. The summed E-state index contributed by atoms with van der Waals surface area (Å²) in [5.41, 5.74) is 1.13. The van der Waals surface area contributed by atoms with Gasteiger partial charge in [0, 0.05) is 18.0 Å². The second kappa shape index (κ2) is 5.39. The monoisotopic (exact) mass is 227 g/mol. The molecule has 0 atom stereocenters. The lowest BCUT2D eigenvalue weighted by atomic mass is 9.97. The van der Waals surface area contributed by atoms with Crippen molar-refractivity contribution in [2.24, 2.45) is 5.92 Å². The lowest BCUT2D eigenvalue weighted by molar-refractivity contribution is -0.0513. The predicted octanol–water partition coefficient (Wildman–Crippen LogP) is 3.54. The van der Waals surface area contributed by atoms with E-state index >= 15 is 0 Å². The zero-order valence-electron chi connectivity index (χ0n) is 10.1. The van der Waals surface area contributed by atoms with Crippen molar-refractivity contribution in [2.45, 2.75) is 33.2 Å². The first-order valence-electron chi connectivity index (χ1n) is 5.66. The molecule has 0 spiro atoms. The molecule has 1 aromatic carbocycles. The third-order valence-electron chi connectivity index (χ3n) is 2.64. The summed E-state index contributed by atoms with van der Waals surface area (Å²) in [4.78, 5) is 0. The SMILES string of the molecule is CCNCc1ccc(C(F)(F)C(C)C)cc1. The van der Waals surface area contributed by atoms with Gasteiger partial charge in [0.05, 0.1) is 0 Å². The van der Waals surface area contributed by atoms with Gasteiger partial charge in [-0.05, 0) is 12.1 Å². The topological polar surface area (TPSA) is 12.0 Å². The number of alkyl halides is 2. The van der Waals surface area contributed by atoms with Crippen LogP contribution in [0, 0.1) is 5.92 Å². The van der Waals surface area contributed by atoms with E-state index in [9.17, 15) is 8.78 Å². The van der Waals surface area contributed by atoms with Gasteiger partial charge in [-0.15, -0.1) is 0 Å². The maximum Gasteiger partial charge on any atom is 0.275 e. The summed E-state index contributed by atoms with van der Waals surface area (Å²) in [5, 5.41) is 3.16. The fourth-order valence-corrected chi connectivity index (χ4v) is 1.45. The maximum absolute atomic E-state index is 13.6. The first-order valence-corrected chi connectivity index (χ1v) is 5.66. The van der Waals surface area contributed by atoms with E-state index in [0.29, 0.717) is 0 Å². The van der Waals surface area contributed by atoms with E-state index in [1.54, 1.807) is 12.1 Å². The molecule has 0 fully saturated rings. The highest BCUT2D eigenvalue weighted by molar-refractivity contribution is 5.26. The molecule has 0 heterocycles. The van der Waals surface area contributed by atoms with E-state index in [4.69, 9.17) is 0 Å². The first kappa shape index (κ1) is 13.1. The molecule has 90 valence electrons. The van der Waals surface area contributed by atoms with Crippen LogP contribution in [0.3, 0.4) is 0 Å². The Balaban J connectivity index is 2.78. The van der Waals surface area contributed by atoms with Gasteiger partial charge in [0.15, 0.2) is 0 Å². The van der Waals surface area contributed by atoms with Crippen LogP contribution in [0.15, 0.2) is 24.3 Å². The summed E-state index contributed by atoms with van der Waals surface area (Å²) in [6.45, 7) is 6.69. The quantitative estimate of drug-likeness (QED) is 0.811. The van der Waals surface area contributed by atoms with Gasteiger partial charge in [-0.25, -0.2) is 8.78 Å². The fraction of sp³-hybridized carbons (Fsp3) is 0.538. The van der Waals surface area contributed by atoms with Crippen molar-refractivity contribution < 1.29 is 8.78 Å². The van der Waals surface area contributed by atoms with E-state index < -0.39 is 11.8 Å². The lowest BCUT2D eigenvalue weighted by Gasteiger charge is -2.20. The Morgan fingerprint density at radius 1 is 1.19 bits per heavy atom. The molecular weight excluding hydrogens is 208 g/mol. The Kier molecular flexibility index (Phi) is 4.42. The fourth-order valence-electron chi connectivity index (χ4n) is 1.45. The second-order valence-electron chi connectivity index (χ2n) is 4.25.